The maximum Gasteiger partial charge on any atom is 0.270 e. The van der Waals surface area contributed by atoms with Gasteiger partial charge >= 0.3 is 0 Å². The summed E-state index contributed by atoms with van der Waals surface area (Å²) in [5, 5.41) is 0. The molecule has 1 aliphatic rings. The van der Waals surface area contributed by atoms with Gasteiger partial charge in [-0.1, -0.05) is 36.1 Å². The molecule has 134 valence electrons. The predicted octanol–water partition coefficient (Wildman–Crippen LogP) is 5.84. The first-order valence-corrected chi connectivity index (χ1v) is 10.9. The molecule has 0 spiro atoms. The second kappa shape index (κ2) is 8.53. The monoisotopic (exact) mass is 611 g/mol. The molecule has 3 nitrogen and oxygen atoms in total. The highest BCUT2D eigenvalue weighted by molar-refractivity contribution is 14.1. The number of thiocarbonyl (C=S) groups is 1. The van der Waals surface area contributed by atoms with Crippen LogP contribution in [0.15, 0.2) is 41.3 Å². The van der Waals surface area contributed by atoms with Crippen molar-refractivity contribution in [3.8, 4) is 5.75 Å². The molecule has 0 unspecified atom stereocenters. The third kappa shape index (κ3) is 4.07. The van der Waals surface area contributed by atoms with E-state index in [1.54, 1.807) is 24.3 Å². The average molecular weight is 611 g/mol. The fraction of sp³-hybridized carbons (Fsp3) is 0.111. The fourth-order valence-electron chi connectivity index (χ4n) is 2.43. The Hall–Kier alpha value is -0.720. The molecular formula is C18H12FI2NO2S2. The van der Waals surface area contributed by atoms with E-state index < -0.39 is 5.82 Å². The molecule has 0 atom stereocenters. The van der Waals surface area contributed by atoms with Crippen molar-refractivity contribution in [1.29, 1.82) is 0 Å². The standard InChI is InChI=1S/C18H12FI2NO2S2/c1-2-24-16-10(7-11(20)9-13(16)21)8-15-17(23)22(18(25)26-15)14-6-4-3-5-12(14)19/h3-9H,2H2,1H3/b15-8-. The molecule has 1 saturated heterocycles. The summed E-state index contributed by atoms with van der Waals surface area (Å²) >= 11 is 10.9. The molecule has 2 aromatic carbocycles. The van der Waals surface area contributed by atoms with Gasteiger partial charge in [-0.15, -0.1) is 0 Å². The number of benzene rings is 2. The van der Waals surface area contributed by atoms with Gasteiger partial charge in [-0.3, -0.25) is 9.69 Å². The summed E-state index contributed by atoms with van der Waals surface area (Å²) in [5.41, 5.74) is 0.970. The molecule has 0 aliphatic carbocycles. The van der Waals surface area contributed by atoms with Gasteiger partial charge in [-0.2, -0.15) is 0 Å². The van der Waals surface area contributed by atoms with Crippen LogP contribution in [-0.4, -0.2) is 16.8 Å². The molecule has 1 fully saturated rings. The van der Waals surface area contributed by atoms with Crippen LogP contribution in [0, 0.1) is 13.0 Å². The Kier molecular flexibility index (Phi) is 6.57. The minimum atomic E-state index is -0.483. The molecule has 26 heavy (non-hydrogen) atoms. The van der Waals surface area contributed by atoms with Gasteiger partial charge in [0, 0.05) is 9.13 Å². The zero-order valence-electron chi connectivity index (χ0n) is 13.5. The highest BCUT2D eigenvalue weighted by Gasteiger charge is 2.35. The smallest absolute Gasteiger partial charge is 0.270 e. The number of anilines is 1. The lowest BCUT2D eigenvalue weighted by molar-refractivity contribution is -0.113. The number of carbonyl (C=O) groups is 1. The van der Waals surface area contributed by atoms with Crippen LogP contribution in [0.3, 0.4) is 0 Å². The van der Waals surface area contributed by atoms with E-state index in [0.717, 1.165) is 30.2 Å². The van der Waals surface area contributed by atoms with Crippen LogP contribution in [0.5, 0.6) is 5.75 Å². The molecule has 3 rings (SSSR count). The molecule has 0 radical (unpaired) electrons. The zero-order valence-corrected chi connectivity index (χ0v) is 19.4. The third-order valence-electron chi connectivity index (χ3n) is 3.50. The summed E-state index contributed by atoms with van der Waals surface area (Å²) < 4.78 is 22.2. The molecule has 0 N–H and O–H groups in total. The van der Waals surface area contributed by atoms with E-state index in [9.17, 15) is 9.18 Å². The summed E-state index contributed by atoms with van der Waals surface area (Å²) in [7, 11) is 0. The van der Waals surface area contributed by atoms with Crippen molar-refractivity contribution in [2.75, 3.05) is 11.5 Å². The maximum absolute atomic E-state index is 14.1. The summed E-state index contributed by atoms with van der Waals surface area (Å²) in [4.78, 5) is 14.5. The average Bonchev–Trinajstić information content (AvgIpc) is 2.85. The number of nitrogens with zero attached hydrogens (tertiary/aromatic N) is 1. The Bertz CT molecular complexity index is 933. The largest absolute Gasteiger partial charge is 0.492 e. The number of rotatable bonds is 4. The molecule has 0 saturated carbocycles. The Balaban J connectivity index is 2.03. The Labute approximate surface area is 187 Å². The summed E-state index contributed by atoms with van der Waals surface area (Å²) in [6, 6.07) is 10.1. The van der Waals surface area contributed by atoms with E-state index in [0.29, 0.717) is 15.8 Å². The minimum absolute atomic E-state index is 0.167. The first-order valence-electron chi connectivity index (χ1n) is 7.56. The molecular weight excluding hydrogens is 599 g/mol. The van der Waals surface area contributed by atoms with Crippen LogP contribution < -0.4 is 9.64 Å². The van der Waals surface area contributed by atoms with E-state index in [-0.39, 0.29) is 11.6 Å². The maximum atomic E-state index is 14.1. The molecule has 0 aromatic heterocycles. The minimum Gasteiger partial charge on any atom is -0.492 e. The van der Waals surface area contributed by atoms with Crippen molar-refractivity contribution in [1.82, 2.24) is 0 Å². The van der Waals surface area contributed by atoms with E-state index >= 15 is 0 Å². The summed E-state index contributed by atoms with van der Waals surface area (Å²) in [6.07, 6.45) is 1.76. The van der Waals surface area contributed by atoms with Gasteiger partial charge in [0.15, 0.2) is 4.32 Å². The first kappa shape index (κ1) is 20.0. The van der Waals surface area contributed by atoms with Crippen LogP contribution in [0.2, 0.25) is 0 Å². The van der Waals surface area contributed by atoms with Crippen LogP contribution >= 0.6 is 69.2 Å². The van der Waals surface area contributed by atoms with Crippen molar-refractivity contribution in [3.05, 3.63) is 59.8 Å². The van der Waals surface area contributed by atoms with Crippen molar-refractivity contribution in [2.45, 2.75) is 6.92 Å². The zero-order chi connectivity index (χ0) is 18.8. The van der Waals surface area contributed by atoms with Gasteiger partial charge < -0.3 is 4.74 Å². The Morgan fingerprint density at radius 3 is 2.73 bits per heavy atom. The summed E-state index contributed by atoms with van der Waals surface area (Å²) in [6.45, 7) is 2.43. The van der Waals surface area contributed by atoms with Gasteiger partial charge in [0.1, 0.15) is 11.6 Å². The van der Waals surface area contributed by atoms with E-state index in [1.165, 1.54) is 11.0 Å². The second-order valence-electron chi connectivity index (χ2n) is 5.21. The quantitative estimate of drug-likeness (QED) is 0.247. The molecule has 8 heteroatoms. The SMILES string of the molecule is CCOc1c(I)cc(I)cc1/C=C1\SC(=S)N(c2ccccc2F)C1=O. The van der Waals surface area contributed by atoms with Crippen molar-refractivity contribution in [2.24, 2.45) is 0 Å². The van der Waals surface area contributed by atoms with Gasteiger partial charge in [-0.25, -0.2) is 4.39 Å². The number of hydrogen-bond donors (Lipinski definition) is 0. The third-order valence-corrected chi connectivity index (χ3v) is 6.23. The van der Waals surface area contributed by atoms with E-state index in [4.69, 9.17) is 17.0 Å². The van der Waals surface area contributed by atoms with Gasteiger partial charge in [-0.05, 0) is 82.4 Å². The Morgan fingerprint density at radius 2 is 2.04 bits per heavy atom. The van der Waals surface area contributed by atoms with Gasteiger partial charge in [0.05, 0.1) is 20.8 Å². The summed E-state index contributed by atoms with van der Waals surface area (Å²) in [5.74, 6) is -0.0880. The highest BCUT2D eigenvalue weighted by Crippen LogP contribution is 2.39. The molecule has 0 bridgehead atoms. The lowest BCUT2D eigenvalue weighted by Crippen LogP contribution is -2.28. The first-order chi connectivity index (χ1) is 12.4. The Morgan fingerprint density at radius 1 is 1.31 bits per heavy atom. The van der Waals surface area contributed by atoms with Gasteiger partial charge in [0.25, 0.3) is 5.91 Å². The van der Waals surface area contributed by atoms with Crippen molar-refractivity contribution < 1.29 is 13.9 Å². The molecule has 2 aromatic rings. The number of ether oxygens (including phenoxy) is 1. The topological polar surface area (TPSA) is 29.5 Å². The number of hydrogen-bond acceptors (Lipinski definition) is 4. The highest BCUT2D eigenvalue weighted by atomic mass is 127. The fourth-order valence-corrected chi connectivity index (χ4v) is 5.75. The normalized spacial score (nSPS) is 15.8. The van der Waals surface area contributed by atoms with Crippen LogP contribution in [0.4, 0.5) is 10.1 Å². The van der Waals surface area contributed by atoms with Crippen molar-refractivity contribution in [3.63, 3.8) is 0 Å². The second-order valence-corrected chi connectivity index (χ2v) is 9.29. The van der Waals surface area contributed by atoms with E-state index in [1.807, 2.05) is 19.1 Å². The van der Waals surface area contributed by atoms with Crippen LogP contribution in [0.1, 0.15) is 12.5 Å². The number of para-hydroxylation sites is 1. The van der Waals surface area contributed by atoms with E-state index in [2.05, 4.69) is 45.2 Å². The lowest BCUT2D eigenvalue weighted by Gasteiger charge is -2.15. The van der Waals surface area contributed by atoms with Crippen molar-refractivity contribution >= 4 is 91.2 Å². The number of carbonyl (C=O) groups excluding carboxylic acids is 1. The molecule has 1 heterocycles. The van der Waals surface area contributed by atoms with Crippen LogP contribution in [-0.2, 0) is 4.79 Å². The predicted molar refractivity (Wildman–Crippen MR) is 125 cm³/mol. The van der Waals surface area contributed by atoms with Gasteiger partial charge in [0.2, 0.25) is 0 Å². The number of amides is 1. The lowest BCUT2D eigenvalue weighted by atomic mass is 10.2. The number of halogens is 3. The number of thioether (sulfide) groups is 1. The molecule has 1 aliphatic heterocycles. The van der Waals surface area contributed by atoms with Crippen LogP contribution in [0.25, 0.3) is 6.08 Å². The molecule has 1 amide bonds.